The first-order chi connectivity index (χ1) is 21.4. The van der Waals surface area contributed by atoms with Crippen LogP contribution < -0.4 is 5.73 Å². The SMILES string of the molecule is CCCCCCCC/C=C\CCCCCCCC(=O)C(CN)C(C)(C)C(=O)CCCCCCC/C=C\CCCCCCCC. The van der Waals surface area contributed by atoms with Gasteiger partial charge in [-0.3, -0.25) is 9.59 Å². The van der Waals surface area contributed by atoms with Crippen molar-refractivity contribution in [3.05, 3.63) is 24.3 Å². The van der Waals surface area contributed by atoms with Gasteiger partial charge in [-0.05, 0) is 64.2 Å². The van der Waals surface area contributed by atoms with Crippen molar-refractivity contribution < 1.29 is 9.59 Å². The molecule has 0 amide bonds. The summed E-state index contributed by atoms with van der Waals surface area (Å²) in [5.41, 5.74) is 5.40. The van der Waals surface area contributed by atoms with Gasteiger partial charge in [0.25, 0.3) is 0 Å². The Hall–Kier alpha value is -1.22. The van der Waals surface area contributed by atoms with Crippen molar-refractivity contribution in [2.45, 2.75) is 207 Å². The van der Waals surface area contributed by atoms with E-state index in [0.29, 0.717) is 12.8 Å². The first-order valence-corrected chi connectivity index (χ1v) is 19.5. The molecule has 258 valence electrons. The zero-order chi connectivity index (χ0) is 32.6. The molecule has 0 aliphatic heterocycles. The fraction of sp³-hybridized carbons (Fsp3) is 0.854. The minimum Gasteiger partial charge on any atom is -0.330 e. The summed E-state index contributed by atoms with van der Waals surface area (Å²) in [5, 5.41) is 0. The first kappa shape index (κ1) is 42.8. The third-order valence-electron chi connectivity index (χ3n) is 9.56. The molecule has 0 saturated carbocycles. The second-order valence-corrected chi connectivity index (χ2v) is 14.1. The maximum atomic E-state index is 13.1. The first-order valence-electron chi connectivity index (χ1n) is 19.5. The van der Waals surface area contributed by atoms with Gasteiger partial charge in [-0.2, -0.15) is 0 Å². The molecule has 0 fully saturated rings. The van der Waals surface area contributed by atoms with E-state index in [-0.39, 0.29) is 24.0 Å². The van der Waals surface area contributed by atoms with Crippen LogP contribution in [0.25, 0.3) is 0 Å². The van der Waals surface area contributed by atoms with E-state index in [4.69, 9.17) is 5.73 Å². The minimum absolute atomic E-state index is 0.188. The van der Waals surface area contributed by atoms with E-state index in [1.807, 2.05) is 13.8 Å². The van der Waals surface area contributed by atoms with Crippen LogP contribution in [0.4, 0.5) is 0 Å². The van der Waals surface area contributed by atoms with Crippen LogP contribution in [0.5, 0.6) is 0 Å². The number of ketones is 2. The Balaban J connectivity index is 3.89. The fourth-order valence-corrected chi connectivity index (χ4v) is 6.25. The largest absolute Gasteiger partial charge is 0.330 e. The van der Waals surface area contributed by atoms with E-state index in [1.54, 1.807) is 0 Å². The Bertz CT molecular complexity index is 707. The predicted octanol–water partition coefficient (Wildman–Crippen LogP) is 12.8. The van der Waals surface area contributed by atoms with Crippen molar-refractivity contribution in [3.63, 3.8) is 0 Å². The Morgan fingerprint density at radius 3 is 1.18 bits per heavy atom. The van der Waals surface area contributed by atoms with Crippen molar-refractivity contribution in [3.8, 4) is 0 Å². The lowest BCUT2D eigenvalue weighted by atomic mass is 9.71. The Morgan fingerprint density at radius 1 is 0.500 bits per heavy atom. The number of Topliss-reactive ketones (excluding diaryl/α,β-unsaturated/α-hetero) is 2. The van der Waals surface area contributed by atoms with E-state index >= 15 is 0 Å². The van der Waals surface area contributed by atoms with Crippen LogP contribution >= 0.6 is 0 Å². The molecule has 0 aliphatic rings. The molecule has 0 aromatic rings. The van der Waals surface area contributed by atoms with Crippen LogP contribution in [-0.4, -0.2) is 18.1 Å². The molecule has 44 heavy (non-hydrogen) atoms. The number of carbonyl (C=O) groups is 2. The van der Waals surface area contributed by atoms with Gasteiger partial charge in [0.05, 0.1) is 0 Å². The van der Waals surface area contributed by atoms with Gasteiger partial charge in [-0.25, -0.2) is 0 Å². The van der Waals surface area contributed by atoms with Crippen molar-refractivity contribution in [1.29, 1.82) is 0 Å². The topological polar surface area (TPSA) is 60.2 Å². The second kappa shape index (κ2) is 31.7. The number of nitrogens with two attached hydrogens (primary N) is 1. The highest BCUT2D eigenvalue weighted by molar-refractivity contribution is 5.92. The monoisotopic (exact) mass is 616 g/mol. The van der Waals surface area contributed by atoms with Gasteiger partial charge in [-0.1, -0.05) is 155 Å². The number of hydrogen-bond acceptors (Lipinski definition) is 3. The average Bonchev–Trinajstić information content (AvgIpc) is 3.01. The highest BCUT2D eigenvalue weighted by Gasteiger charge is 2.38. The molecule has 0 saturated heterocycles. The van der Waals surface area contributed by atoms with Gasteiger partial charge < -0.3 is 5.73 Å². The summed E-state index contributed by atoms with van der Waals surface area (Å²) in [5.74, 6) is 0.0476. The van der Waals surface area contributed by atoms with Gasteiger partial charge in [0.1, 0.15) is 11.6 Å². The molecular formula is C41H77NO2. The lowest BCUT2D eigenvalue weighted by Crippen LogP contribution is -2.42. The molecule has 3 heteroatoms. The number of unbranched alkanes of at least 4 members (excludes halogenated alkanes) is 22. The van der Waals surface area contributed by atoms with Crippen LogP contribution in [0, 0.1) is 11.3 Å². The molecule has 3 nitrogen and oxygen atoms in total. The molecule has 1 atom stereocenters. The average molecular weight is 616 g/mol. The van der Waals surface area contributed by atoms with E-state index in [9.17, 15) is 9.59 Å². The Labute approximate surface area is 276 Å². The van der Waals surface area contributed by atoms with Crippen molar-refractivity contribution in [2.24, 2.45) is 17.1 Å². The summed E-state index contributed by atoms with van der Waals surface area (Å²) < 4.78 is 0. The third-order valence-corrected chi connectivity index (χ3v) is 9.56. The summed E-state index contributed by atoms with van der Waals surface area (Å²) in [4.78, 5) is 26.1. The maximum absolute atomic E-state index is 13.1. The summed E-state index contributed by atoms with van der Waals surface area (Å²) >= 11 is 0. The molecule has 0 aliphatic carbocycles. The lowest BCUT2D eigenvalue weighted by molar-refractivity contribution is -0.137. The van der Waals surface area contributed by atoms with Crippen molar-refractivity contribution >= 4 is 11.6 Å². The van der Waals surface area contributed by atoms with Crippen LogP contribution in [0.2, 0.25) is 0 Å². The zero-order valence-corrected chi connectivity index (χ0v) is 30.3. The second-order valence-electron chi connectivity index (χ2n) is 14.1. The molecule has 0 aromatic heterocycles. The molecule has 2 N–H and O–H groups in total. The van der Waals surface area contributed by atoms with Crippen LogP contribution in [0.3, 0.4) is 0 Å². The fourth-order valence-electron chi connectivity index (χ4n) is 6.25. The molecule has 0 heterocycles. The maximum Gasteiger partial charge on any atom is 0.139 e. The minimum atomic E-state index is -0.658. The van der Waals surface area contributed by atoms with Crippen LogP contribution in [-0.2, 0) is 9.59 Å². The number of rotatable bonds is 34. The predicted molar refractivity (Wildman–Crippen MR) is 195 cm³/mol. The molecular weight excluding hydrogens is 538 g/mol. The summed E-state index contributed by atoms with van der Waals surface area (Å²) in [6.45, 7) is 8.71. The van der Waals surface area contributed by atoms with Crippen LogP contribution in [0.15, 0.2) is 24.3 Å². The molecule has 0 rings (SSSR count). The van der Waals surface area contributed by atoms with Crippen molar-refractivity contribution in [1.82, 2.24) is 0 Å². The normalized spacial score (nSPS) is 12.9. The van der Waals surface area contributed by atoms with Gasteiger partial charge >= 0.3 is 0 Å². The molecule has 0 spiro atoms. The third kappa shape index (κ3) is 25.0. The number of allylic oxidation sites excluding steroid dienone is 4. The van der Waals surface area contributed by atoms with Gasteiger partial charge in [0, 0.05) is 30.7 Å². The Morgan fingerprint density at radius 2 is 0.818 bits per heavy atom. The van der Waals surface area contributed by atoms with E-state index in [1.165, 1.54) is 141 Å². The van der Waals surface area contributed by atoms with E-state index in [0.717, 1.165) is 25.7 Å². The van der Waals surface area contributed by atoms with Gasteiger partial charge in [0.2, 0.25) is 0 Å². The number of hydrogen-bond donors (Lipinski definition) is 1. The highest BCUT2D eigenvalue weighted by Crippen LogP contribution is 2.32. The summed E-state index contributed by atoms with van der Waals surface area (Å²) in [7, 11) is 0. The lowest BCUT2D eigenvalue weighted by Gasteiger charge is -2.31. The molecule has 0 aromatic carbocycles. The standard InChI is InChI=1S/C41H77NO2/c1-5-7-9-11-13-15-17-19-21-23-25-27-29-31-33-35-39(43)38(37-42)41(3,4)40(44)36-34-32-30-28-26-24-22-20-18-16-14-12-10-8-6-2/h19-22,38H,5-18,23-37,42H2,1-4H3/b21-19-,22-20-. The van der Waals surface area contributed by atoms with Crippen LogP contribution in [0.1, 0.15) is 207 Å². The van der Waals surface area contributed by atoms with E-state index in [2.05, 4.69) is 38.2 Å². The van der Waals surface area contributed by atoms with Crippen molar-refractivity contribution in [2.75, 3.05) is 6.54 Å². The smallest absolute Gasteiger partial charge is 0.139 e. The van der Waals surface area contributed by atoms with E-state index < -0.39 is 5.41 Å². The Kier molecular flexibility index (Phi) is 30.9. The molecule has 1 unspecified atom stereocenters. The molecule has 0 radical (unpaired) electrons. The number of carbonyl (C=O) groups excluding carboxylic acids is 2. The van der Waals surface area contributed by atoms with Gasteiger partial charge in [0.15, 0.2) is 0 Å². The summed E-state index contributed by atoms with van der Waals surface area (Å²) in [6, 6.07) is 0. The summed E-state index contributed by atoms with van der Waals surface area (Å²) in [6.07, 6.45) is 43.1. The zero-order valence-electron chi connectivity index (χ0n) is 30.3. The quantitative estimate of drug-likeness (QED) is 0.0578. The van der Waals surface area contributed by atoms with Gasteiger partial charge in [-0.15, -0.1) is 0 Å². The molecule has 0 bridgehead atoms. The highest BCUT2D eigenvalue weighted by atomic mass is 16.1.